The van der Waals surface area contributed by atoms with Crippen molar-refractivity contribution >= 4 is 23.4 Å². The minimum Gasteiger partial charge on any atom is -0.0951 e. The highest BCUT2D eigenvalue weighted by molar-refractivity contribution is 8.03. The average Bonchev–Trinajstić information content (AvgIpc) is 1.96. The zero-order valence-corrected chi connectivity index (χ0v) is 8.80. The van der Waals surface area contributed by atoms with Crippen molar-refractivity contribution in [3.63, 3.8) is 0 Å². The maximum atomic E-state index is 5.86. The van der Waals surface area contributed by atoms with Gasteiger partial charge < -0.3 is 0 Å². The summed E-state index contributed by atoms with van der Waals surface area (Å²) in [5, 5.41) is 0.782. The molecule has 0 N–H and O–H groups in total. The van der Waals surface area contributed by atoms with Crippen LogP contribution in [-0.4, -0.2) is 0 Å². The predicted molar refractivity (Wildman–Crippen MR) is 56.9 cm³/mol. The van der Waals surface area contributed by atoms with Gasteiger partial charge in [-0.2, -0.15) is 0 Å². The first-order valence-corrected chi connectivity index (χ1v) is 4.88. The van der Waals surface area contributed by atoms with E-state index in [4.69, 9.17) is 11.6 Å². The van der Waals surface area contributed by atoms with Crippen LogP contribution < -0.4 is 0 Å². The molecule has 1 aromatic carbocycles. The fourth-order valence-electron chi connectivity index (χ4n) is 0.872. The van der Waals surface area contributed by atoms with Crippen molar-refractivity contribution in [3.8, 4) is 0 Å². The fraction of sp³-hybridized carbons (Fsp3) is 0.200. The molecule has 64 valence electrons. The van der Waals surface area contributed by atoms with Gasteiger partial charge in [0.15, 0.2) is 0 Å². The summed E-state index contributed by atoms with van der Waals surface area (Å²) in [5.74, 6) is 0. The number of hydrogen-bond donors (Lipinski definition) is 0. The van der Waals surface area contributed by atoms with Gasteiger partial charge in [-0.25, -0.2) is 0 Å². The van der Waals surface area contributed by atoms with E-state index in [1.54, 1.807) is 11.8 Å². The minimum absolute atomic E-state index is 0.782. The van der Waals surface area contributed by atoms with Crippen molar-refractivity contribution < 1.29 is 0 Å². The number of aryl methyl sites for hydroxylation is 1. The number of thioether (sulfide) groups is 1. The molecule has 0 aliphatic rings. The maximum absolute atomic E-state index is 5.86. The van der Waals surface area contributed by atoms with Crippen LogP contribution in [-0.2, 0) is 0 Å². The fourth-order valence-corrected chi connectivity index (χ4v) is 1.90. The number of rotatable bonds is 2. The quantitative estimate of drug-likeness (QED) is 0.640. The van der Waals surface area contributed by atoms with Crippen LogP contribution in [0, 0.1) is 6.92 Å². The lowest BCUT2D eigenvalue weighted by Crippen LogP contribution is -1.78. The van der Waals surface area contributed by atoms with Gasteiger partial charge in [-0.15, -0.1) is 0 Å². The minimum atomic E-state index is 0.782. The molecule has 0 atom stereocenters. The zero-order valence-electron chi connectivity index (χ0n) is 7.23. The summed E-state index contributed by atoms with van der Waals surface area (Å²) in [7, 11) is 0. The van der Waals surface area contributed by atoms with Gasteiger partial charge in [0.1, 0.15) is 0 Å². The van der Waals surface area contributed by atoms with Gasteiger partial charge in [0.05, 0.1) is 0 Å². The molecule has 0 saturated heterocycles. The molecule has 0 bridgehead atoms. The lowest BCUT2D eigenvalue weighted by atomic mass is 10.2. The molecular weight excluding hydrogens is 188 g/mol. The largest absolute Gasteiger partial charge is 0.0951 e. The summed E-state index contributed by atoms with van der Waals surface area (Å²) in [4.78, 5) is 2.27. The second-order valence-electron chi connectivity index (χ2n) is 2.71. The van der Waals surface area contributed by atoms with Crippen LogP contribution in [0.25, 0.3) is 0 Å². The summed E-state index contributed by atoms with van der Waals surface area (Å²) in [6.07, 6.45) is 0. The molecule has 1 rings (SSSR count). The molecule has 0 aliphatic heterocycles. The summed E-state index contributed by atoms with van der Waals surface area (Å²) >= 11 is 7.52. The van der Waals surface area contributed by atoms with Crippen LogP contribution in [0.5, 0.6) is 0 Å². The van der Waals surface area contributed by atoms with Gasteiger partial charge in [0.25, 0.3) is 0 Å². The average molecular weight is 199 g/mol. The second kappa shape index (κ2) is 4.01. The Labute approximate surface area is 82.6 Å². The van der Waals surface area contributed by atoms with Crippen LogP contribution >= 0.6 is 23.4 Å². The van der Waals surface area contributed by atoms with Gasteiger partial charge >= 0.3 is 0 Å². The first-order chi connectivity index (χ1) is 5.59. The van der Waals surface area contributed by atoms with Gasteiger partial charge in [0, 0.05) is 9.92 Å². The van der Waals surface area contributed by atoms with E-state index in [0.717, 1.165) is 9.93 Å². The molecule has 0 amide bonds. The zero-order chi connectivity index (χ0) is 9.14. The third-order valence-electron chi connectivity index (χ3n) is 1.43. The molecule has 1 aromatic rings. The summed E-state index contributed by atoms with van der Waals surface area (Å²) in [5.41, 5.74) is 1.24. The molecule has 12 heavy (non-hydrogen) atoms. The Morgan fingerprint density at radius 1 is 1.50 bits per heavy atom. The Kier molecular flexibility index (Phi) is 3.24. The summed E-state index contributed by atoms with van der Waals surface area (Å²) in [6, 6.07) is 5.89. The Morgan fingerprint density at radius 2 is 2.17 bits per heavy atom. The number of allylic oxidation sites excluding steroid dienone is 1. The second-order valence-corrected chi connectivity index (χ2v) is 4.49. The van der Waals surface area contributed by atoms with Crippen molar-refractivity contribution in [2.45, 2.75) is 18.7 Å². The van der Waals surface area contributed by atoms with Crippen molar-refractivity contribution in [2.75, 3.05) is 0 Å². The van der Waals surface area contributed by atoms with Crippen molar-refractivity contribution in [3.05, 3.63) is 40.3 Å². The number of halogens is 1. The molecule has 0 aromatic heterocycles. The van der Waals surface area contributed by atoms with Crippen molar-refractivity contribution in [1.29, 1.82) is 0 Å². The third kappa shape index (κ3) is 2.58. The predicted octanol–water partition coefficient (Wildman–Crippen LogP) is 4.27. The van der Waals surface area contributed by atoms with E-state index in [1.807, 2.05) is 25.1 Å². The number of benzene rings is 1. The Morgan fingerprint density at radius 3 is 2.75 bits per heavy atom. The number of hydrogen-bond acceptors (Lipinski definition) is 1. The Bertz CT molecular complexity index is 305. The summed E-state index contributed by atoms with van der Waals surface area (Å²) < 4.78 is 0. The van der Waals surface area contributed by atoms with Crippen LogP contribution in [0.15, 0.2) is 34.6 Å². The monoisotopic (exact) mass is 198 g/mol. The maximum Gasteiger partial charge on any atom is 0.0417 e. The van der Waals surface area contributed by atoms with E-state index >= 15 is 0 Å². The van der Waals surface area contributed by atoms with Crippen LogP contribution in [0.1, 0.15) is 12.5 Å². The molecule has 0 spiro atoms. The van der Waals surface area contributed by atoms with E-state index in [1.165, 1.54) is 10.5 Å². The highest BCUT2D eigenvalue weighted by Crippen LogP contribution is 2.29. The molecule has 0 aliphatic carbocycles. The SMILES string of the molecule is C=C(C)Sc1cc(Cl)ccc1C. The Balaban J connectivity index is 2.97. The van der Waals surface area contributed by atoms with Gasteiger partial charge in [-0.1, -0.05) is 36.0 Å². The molecule has 0 radical (unpaired) electrons. The van der Waals surface area contributed by atoms with Crippen LogP contribution in [0.4, 0.5) is 0 Å². The lowest BCUT2D eigenvalue weighted by molar-refractivity contribution is 1.30. The molecule has 0 fully saturated rings. The van der Waals surface area contributed by atoms with Crippen LogP contribution in [0.2, 0.25) is 5.02 Å². The molecule has 0 nitrogen and oxygen atoms in total. The molecule has 0 saturated carbocycles. The van der Waals surface area contributed by atoms with Crippen molar-refractivity contribution in [1.82, 2.24) is 0 Å². The smallest absolute Gasteiger partial charge is 0.0417 e. The first-order valence-electron chi connectivity index (χ1n) is 3.69. The molecule has 0 heterocycles. The van der Waals surface area contributed by atoms with E-state index in [-0.39, 0.29) is 0 Å². The van der Waals surface area contributed by atoms with Gasteiger partial charge in [0.2, 0.25) is 0 Å². The highest BCUT2D eigenvalue weighted by atomic mass is 35.5. The highest BCUT2D eigenvalue weighted by Gasteiger charge is 1.99. The summed E-state index contributed by atoms with van der Waals surface area (Å²) in [6.45, 7) is 7.90. The van der Waals surface area contributed by atoms with Crippen molar-refractivity contribution in [2.24, 2.45) is 0 Å². The molecule has 0 unspecified atom stereocenters. The first kappa shape index (κ1) is 9.69. The molecule has 2 heteroatoms. The van der Waals surface area contributed by atoms with E-state index in [0.29, 0.717) is 0 Å². The third-order valence-corrected chi connectivity index (χ3v) is 2.68. The molecular formula is C10H11ClS. The Hall–Kier alpha value is -0.400. The van der Waals surface area contributed by atoms with E-state index in [2.05, 4.69) is 13.5 Å². The lowest BCUT2D eigenvalue weighted by Gasteiger charge is -2.04. The van der Waals surface area contributed by atoms with E-state index < -0.39 is 0 Å². The topological polar surface area (TPSA) is 0 Å². The standard InChI is InChI=1S/C10H11ClS/c1-7(2)12-10-6-9(11)5-4-8(10)3/h4-6H,1H2,2-3H3. The van der Waals surface area contributed by atoms with Gasteiger partial charge in [-0.3, -0.25) is 0 Å². The van der Waals surface area contributed by atoms with Gasteiger partial charge in [-0.05, 0) is 36.4 Å². The van der Waals surface area contributed by atoms with E-state index in [9.17, 15) is 0 Å². The normalized spacial score (nSPS) is 9.92. The van der Waals surface area contributed by atoms with Crippen LogP contribution in [0.3, 0.4) is 0 Å².